The van der Waals surface area contributed by atoms with Crippen LogP contribution in [0.15, 0.2) is 187 Å². The van der Waals surface area contributed by atoms with Crippen LogP contribution in [-0.2, 0) is 43.5 Å². The average Bonchev–Trinajstić information content (AvgIpc) is 3.50. The number of methoxy groups -OCH3 is 1. The lowest BCUT2D eigenvalue weighted by Crippen LogP contribution is -2.48. The predicted molar refractivity (Wildman–Crippen MR) is 347 cm³/mol. The molecule has 0 amide bonds. The molecule has 0 N–H and O–H groups in total. The van der Waals surface area contributed by atoms with Crippen LogP contribution in [0.1, 0.15) is 167 Å². The lowest BCUT2D eigenvalue weighted by Gasteiger charge is -2.42. The van der Waals surface area contributed by atoms with Crippen molar-refractivity contribution < 1.29 is 39.2 Å². The fourth-order valence-corrected chi connectivity index (χ4v) is 21.9. The first-order chi connectivity index (χ1) is 38.6. The molecule has 0 heterocycles. The van der Waals surface area contributed by atoms with Gasteiger partial charge in [-0.05, 0) is 178 Å². The fraction of sp³-hybridized carbons (Fsp3) is 0.515. The van der Waals surface area contributed by atoms with Crippen LogP contribution in [-0.4, -0.2) is 74.9 Å². The average molecular weight is 1220 g/mol. The number of sulfone groups is 3. The number of benzene rings is 3. The summed E-state index contributed by atoms with van der Waals surface area (Å²) in [7, 11) is -12.1. The summed E-state index contributed by atoms with van der Waals surface area (Å²) >= 11 is 5.98. The zero-order valence-electron chi connectivity index (χ0n) is 51.9. The van der Waals surface area contributed by atoms with E-state index in [2.05, 4.69) is 60.6 Å². The Bertz CT molecular complexity index is 3010. The van der Waals surface area contributed by atoms with Crippen molar-refractivity contribution in [1.82, 2.24) is 0 Å². The van der Waals surface area contributed by atoms with Crippen molar-refractivity contribution in [3.8, 4) is 0 Å². The molecule has 0 aliphatic rings. The summed E-state index contributed by atoms with van der Waals surface area (Å²) in [6.45, 7) is 28.3. The summed E-state index contributed by atoms with van der Waals surface area (Å²) in [4.78, 5) is 14.0. The summed E-state index contributed by atoms with van der Waals surface area (Å²) in [5.41, 5.74) is 7.42. The first-order valence-corrected chi connectivity index (χ1v) is 36.8. The van der Waals surface area contributed by atoms with Crippen LogP contribution in [0.4, 0.5) is 0 Å². The second kappa shape index (κ2) is 35.2. The number of rotatable bonds is 36. The van der Waals surface area contributed by atoms with Gasteiger partial charge in [0.05, 0.1) is 37.5 Å². The molecule has 3 rings (SSSR count). The van der Waals surface area contributed by atoms with Crippen LogP contribution in [0.25, 0.3) is 0 Å². The number of ether oxygens (including phenoxy) is 1. The first kappa shape index (κ1) is 71.9. The Morgan fingerprint density at radius 3 is 1.15 bits per heavy atom. The highest BCUT2D eigenvalue weighted by Crippen LogP contribution is 2.42. The Morgan fingerprint density at radius 1 is 0.476 bits per heavy atom. The van der Waals surface area contributed by atoms with Gasteiger partial charge in [0.2, 0.25) is 0 Å². The van der Waals surface area contributed by atoms with E-state index in [0.717, 1.165) is 59.1 Å². The maximum Gasteiger partial charge on any atom is 0.333 e. The van der Waals surface area contributed by atoms with E-state index in [1.54, 1.807) is 97.1 Å². The summed E-state index contributed by atoms with van der Waals surface area (Å²) in [5, 5.41) is -2.66. The third kappa shape index (κ3) is 22.6. The van der Waals surface area contributed by atoms with E-state index in [-0.39, 0.29) is 27.5 Å². The predicted octanol–water partition coefficient (Wildman–Crippen LogP) is 18.0. The third-order valence-electron chi connectivity index (χ3n) is 15.8. The Morgan fingerprint density at radius 2 is 0.817 bits per heavy atom. The number of carbonyl (C=O) groups is 1. The van der Waals surface area contributed by atoms with Gasteiger partial charge in [-0.2, -0.15) is 0 Å². The van der Waals surface area contributed by atoms with Crippen LogP contribution < -0.4 is 0 Å². The topological polar surface area (TPSA) is 138 Å². The monoisotopic (exact) mass is 1220 g/mol. The molecule has 0 aliphatic carbocycles. The smallest absolute Gasteiger partial charge is 0.333 e. The van der Waals surface area contributed by atoms with Gasteiger partial charge in [0.1, 0.15) is 0 Å². The Kier molecular flexibility index (Phi) is 30.8. The molecule has 0 aliphatic heterocycles. The highest BCUT2D eigenvalue weighted by molar-refractivity contribution is 7.92. The van der Waals surface area contributed by atoms with Gasteiger partial charge >= 0.3 is 5.97 Å². The third-order valence-corrected chi connectivity index (χ3v) is 28.4. The lowest BCUT2D eigenvalue weighted by molar-refractivity contribution is -0.136. The molecule has 0 bridgehead atoms. The van der Waals surface area contributed by atoms with Crippen LogP contribution in [0.5, 0.6) is 0 Å². The molecule has 0 aromatic heterocycles. The van der Waals surface area contributed by atoms with E-state index in [1.165, 1.54) is 7.11 Å². The molecule has 0 spiro atoms. The lowest BCUT2D eigenvalue weighted by atomic mass is 9.99. The van der Waals surface area contributed by atoms with E-state index in [0.29, 0.717) is 79.1 Å². The van der Waals surface area contributed by atoms with Crippen molar-refractivity contribution in [1.29, 1.82) is 0 Å². The van der Waals surface area contributed by atoms with Crippen molar-refractivity contribution >= 4 is 55.4 Å². The van der Waals surface area contributed by atoms with E-state index >= 15 is 0 Å². The van der Waals surface area contributed by atoms with Crippen molar-refractivity contribution in [3.63, 3.8) is 0 Å². The Hall–Kier alpha value is -4.37. The molecular weight excluding hydrogens is 1120 g/mol. The van der Waals surface area contributed by atoms with Crippen molar-refractivity contribution in [3.05, 3.63) is 173 Å². The maximum absolute atomic E-state index is 14.4. The van der Waals surface area contributed by atoms with Crippen LogP contribution in [0.2, 0.25) is 16.6 Å². The molecule has 4 atom stereocenters. The molecule has 3 aromatic rings. The van der Waals surface area contributed by atoms with E-state index < -0.39 is 59.5 Å². The van der Waals surface area contributed by atoms with E-state index in [9.17, 15) is 30.0 Å². The number of allylic oxidation sites excluding steroid dienone is 10. The van der Waals surface area contributed by atoms with Crippen molar-refractivity contribution in [2.75, 3.05) is 19.6 Å². The summed E-state index contributed by atoms with van der Waals surface area (Å²) in [6, 6.07) is 25.3. The fourth-order valence-electron chi connectivity index (χ4n) is 11.0. The first-order valence-electron chi connectivity index (χ1n) is 29.5. The van der Waals surface area contributed by atoms with Gasteiger partial charge < -0.3 is 9.16 Å². The zero-order valence-corrected chi connectivity index (χ0v) is 56.1. The molecule has 0 fully saturated rings. The number of carbonyl (C=O) groups excluding carboxylic acids is 1. The normalized spacial score (nSPS) is 15.8. The van der Waals surface area contributed by atoms with Gasteiger partial charge in [0.25, 0.3) is 0 Å². The van der Waals surface area contributed by atoms with Gasteiger partial charge in [-0.1, -0.05) is 179 Å². The Labute approximate surface area is 503 Å². The van der Waals surface area contributed by atoms with Crippen LogP contribution in [0, 0.1) is 5.92 Å². The maximum atomic E-state index is 14.4. The summed E-state index contributed by atoms with van der Waals surface area (Å²) < 4.78 is 97.7. The molecule has 82 heavy (non-hydrogen) atoms. The molecule has 14 heteroatoms. The molecule has 0 radical (unpaired) electrons. The highest BCUT2D eigenvalue weighted by Gasteiger charge is 2.45. The number of halogens is 1. The standard InChI is InChI=1S/C68H99ClO9S3Si/c1-51(2)82(52(3)4,53(5)6)78-43-42-54(7)28-27-35-61(68(70)77-14)49-67(81(75,76)64-40-22-17-23-41-64)48-59(12)32-25-31-57(10)45-65(79(71,72)62-36-18-15-19-37-62)44-55(8)29-24-30-56(9)46-66(47-58(11)33-26-34-60(13)50-69)80(73,74)63-38-20-16-21-39-63/h15-23,30-31,34-41,44,47-48,51-54,65-67H,24-29,32-33,42-43,45-46,49-50H2,1-14H3/b55-44-,56-30-,57-31-,58-47-,59-48-,60-34-,61-35+/t54-,65?,66?,67?/m0/s1. The molecule has 0 saturated carbocycles. The van der Waals surface area contributed by atoms with Gasteiger partial charge in [0, 0.05) is 18.1 Å². The van der Waals surface area contributed by atoms with Crippen molar-refractivity contribution in [2.24, 2.45) is 5.92 Å². The SMILES string of the molecule is COC(=O)/C(=C/CC[C@H](C)CCO[Si](C(C)C)(C(C)C)C(C)C)CC(/C=C(/C)CC/C=C(/C)CC(/C=C(/C)CC/C=C(/C)CC(/C=C(/C)CC/C=C(/C)CCl)S(=O)(=O)c1ccccc1)S(=O)(=O)c1ccccc1)S(=O)(=O)c1ccccc1. The molecular formula is C68H99ClO9S3Si. The minimum absolute atomic E-state index is 0.0548. The number of esters is 1. The zero-order chi connectivity index (χ0) is 61.3. The second-order valence-corrected chi connectivity index (χ2v) is 35.8. The quantitative estimate of drug-likeness (QED) is 0.0183. The minimum atomic E-state index is -3.94. The van der Waals surface area contributed by atoms with Crippen LogP contribution in [0.3, 0.4) is 0 Å². The Balaban J connectivity index is 1.85. The summed E-state index contributed by atoms with van der Waals surface area (Å²) in [6.07, 6.45) is 20.0. The van der Waals surface area contributed by atoms with Gasteiger partial charge in [0.15, 0.2) is 37.8 Å². The van der Waals surface area contributed by atoms with Gasteiger partial charge in [-0.25, -0.2) is 30.0 Å². The largest absolute Gasteiger partial charge is 0.466 e. The van der Waals surface area contributed by atoms with E-state index in [1.807, 2.05) is 65.8 Å². The molecule has 9 nitrogen and oxygen atoms in total. The van der Waals surface area contributed by atoms with Crippen molar-refractivity contribution in [2.45, 2.75) is 214 Å². The van der Waals surface area contributed by atoms with Gasteiger partial charge in [-0.15, -0.1) is 11.6 Å². The van der Waals surface area contributed by atoms with Crippen LogP contribution >= 0.6 is 11.6 Å². The molecule has 454 valence electrons. The number of hydrogen-bond acceptors (Lipinski definition) is 9. The number of alkyl halides is 1. The molecule has 3 unspecified atom stereocenters. The van der Waals surface area contributed by atoms with E-state index in [4.69, 9.17) is 20.8 Å². The minimum Gasteiger partial charge on any atom is -0.466 e. The number of hydrogen-bond donors (Lipinski definition) is 0. The summed E-state index contributed by atoms with van der Waals surface area (Å²) in [5.74, 6) is 0.229. The highest BCUT2D eigenvalue weighted by atomic mass is 35.5. The molecule has 3 aromatic carbocycles. The second-order valence-electron chi connectivity index (χ2n) is 23.6. The molecule has 0 saturated heterocycles. The van der Waals surface area contributed by atoms with Gasteiger partial charge in [-0.3, -0.25) is 0 Å².